The fourth-order valence-corrected chi connectivity index (χ4v) is 3.55. The molecule has 1 saturated carbocycles. The van der Waals surface area contributed by atoms with Crippen LogP contribution in [0.25, 0.3) is 0 Å². The Morgan fingerprint density at radius 2 is 1.65 bits per heavy atom. The Morgan fingerprint density at radius 1 is 1.05 bits per heavy atom. The summed E-state index contributed by atoms with van der Waals surface area (Å²) in [6.45, 7) is 12.5. The maximum absolute atomic E-state index is 6.00. The van der Waals surface area contributed by atoms with Gasteiger partial charge in [0.1, 0.15) is 12.5 Å². The Bertz CT molecular complexity index is 305. The predicted molar refractivity (Wildman–Crippen MR) is 81.5 cm³/mol. The van der Waals surface area contributed by atoms with Crippen molar-refractivity contribution < 1.29 is 9.47 Å². The molecule has 0 amide bonds. The van der Waals surface area contributed by atoms with Crippen molar-refractivity contribution >= 4 is 0 Å². The normalized spacial score (nSPS) is 36.9. The number of rotatable bonds is 6. The van der Waals surface area contributed by atoms with E-state index < -0.39 is 0 Å². The molecule has 4 atom stereocenters. The van der Waals surface area contributed by atoms with Crippen LogP contribution in [0.15, 0.2) is 0 Å². The van der Waals surface area contributed by atoms with Gasteiger partial charge in [-0.2, -0.15) is 0 Å². The van der Waals surface area contributed by atoms with Crippen LogP contribution in [0.3, 0.4) is 0 Å². The molecule has 2 N–H and O–H groups in total. The van der Waals surface area contributed by atoms with Gasteiger partial charge in [-0.3, -0.25) is 10.6 Å². The highest BCUT2D eigenvalue weighted by Crippen LogP contribution is 2.45. The van der Waals surface area contributed by atoms with Crippen molar-refractivity contribution in [2.75, 3.05) is 13.2 Å². The molecule has 1 aliphatic heterocycles. The van der Waals surface area contributed by atoms with Gasteiger partial charge in [0, 0.05) is 13.2 Å². The standard InChI is InChI=1S/C16H32N2O2/c1-6-19-14-12(11(3)4)17-15(20-7-2)13(18-14)16(5)9-8-10-16/h11-15,17-18H,6-10H2,1-5H3/t12-,13-,14?,15?/m1/s1. The summed E-state index contributed by atoms with van der Waals surface area (Å²) in [6.07, 6.45) is 4.07. The third kappa shape index (κ3) is 3.19. The summed E-state index contributed by atoms with van der Waals surface area (Å²) in [5.74, 6) is 0.511. The first-order valence-corrected chi connectivity index (χ1v) is 8.27. The number of nitrogens with one attached hydrogen (secondary N) is 2. The van der Waals surface area contributed by atoms with E-state index in [0.717, 1.165) is 13.2 Å². The van der Waals surface area contributed by atoms with Crippen molar-refractivity contribution in [2.24, 2.45) is 11.3 Å². The van der Waals surface area contributed by atoms with E-state index in [1.807, 2.05) is 0 Å². The van der Waals surface area contributed by atoms with Crippen molar-refractivity contribution in [2.45, 2.75) is 78.4 Å². The van der Waals surface area contributed by atoms with Crippen molar-refractivity contribution in [3.63, 3.8) is 0 Å². The van der Waals surface area contributed by atoms with Gasteiger partial charge < -0.3 is 9.47 Å². The highest BCUT2D eigenvalue weighted by Gasteiger charge is 2.49. The lowest BCUT2D eigenvalue weighted by Crippen LogP contribution is -2.72. The Kier molecular flexibility index (Phi) is 5.46. The predicted octanol–water partition coefficient (Wildman–Crippen LogP) is 2.49. The van der Waals surface area contributed by atoms with E-state index in [9.17, 15) is 0 Å². The third-order valence-corrected chi connectivity index (χ3v) is 4.99. The van der Waals surface area contributed by atoms with Crippen molar-refractivity contribution in [1.82, 2.24) is 10.6 Å². The topological polar surface area (TPSA) is 42.5 Å². The third-order valence-electron chi connectivity index (χ3n) is 4.99. The smallest absolute Gasteiger partial charge is 0.124 e. The van der Waals surface area contributed by atoms with Crippen LogP contribution in [0.2, 0.25) is 0 Å². The Balaban J connectivity index is 2.13. The Hall–Kier alpha value is -0.160. The second kappa shape index (κ2) is 6.73. The lowest BCUT2D eigenvalue weighted by molar-refractivity contribution is -0.133. The van der Waals surface area contributed by atoms with Gasteiger partial charge in [-0.15, -0.1) is 0 Å². The highest BCUT2D eigenvalue weighted by atomic mass is 16.5. The first kappa shape index (κ1) is 16.2. The van der Waals surface area contributed by atoms with E-state index in [1.54, 1.807) is 0 Å². The lowest BCUT2D eigenvalue weighted by Gasteiger charge is -2.54. The van der Waals surface area contributed by atoms with E-state index in [2.05, 4.69) is 45.3 Å². The summed E-state index contributed by atoms with van der Waals surface area (Å²) in [6, 6.07) is 0.633. The molecule has 0 aromatic heterocycles. The van der Waals surface area contributed by atoms with E-state index in [4.69, 9.17) is 9.47 Å². The van der Waals surface area contributed by atoms with E-state index in [-0.39, 0.29) is 12.5 Å². The SMILES string of the molecule is CCOC1N[C@@H](C2(C)CCC2)C(OCC)N[C@@H]1C(C)C. The molecule has 20 heavy (non-hydrogen) atoms. The first-order valence-electron chi connectivity index (χ1n) is 8.27. The summed E-state index contributed by atoms with van der Waals surface area (Å²) < 4.78 is 11.9. The molecule has 4 nitrogen and oxygen atoms in total. The molecule has 0 aromatic carbocycles. The van der Waals surface area contributed by atoms with E-state index >= 15 is 0 Å². The summed E-state index contributed by atoms with van der Waals surface area (Å²) in [5, 5.41) is 7.46. The van der Waals surface area contributed by atoms with Crippen molar-refractivity contribution in [1.29, 1.82) is 0 Å². The maximum Gasteiger partial charge on any atom is 0.124 e. The second-order valence-electron chi connectivity index (χ2n) is 6.84. The molecule has 1 heterocycles. The van der Waals surface area contributed by atoms with Gasteiger partial charge in [-0.05, 0) is 38.0 Å². The Labute approximate surface area is 124 Å². The average Bonchev–Trinajstić information content (AvgIpc) is 2.37. The highest BCUT2D eigenvalue weighted by molar-refractivity contribution is 5.03. The van der Waals surface area contributed by atoms with Crippen LogP contribution in [-0.4, -0.2) is 37.8 Å². The fraction of sp³-hybridized carbons (Fsp3) is 1.00. The molecule has 4 heteroatoms. The quantitative estimate of drug-likeness (QED) is 0.786. The maximum atomic E-state index is 6.00. The molecule has 0 radical (unpaired) electrons. The van der Waals surface area contributed by atoms with Gasteiger partial charge in [0.2, 0.25) is 0 Å². The van der Waals surface area contributed by atoms with Crippen LogP contribution in [-0.2, 0) is 9.47 Å². The number of piperazine rings is 1. The lowest BCUT2D eigenvalue weighted by atomic mass is 9.64. The van der Waals surface area contributed by atoms with Gasteiger partial charge in [0.05, 0.1) is 12.1 Å². The van der Waals surface area contributed by atoms with Crippen LogP contribution in [0.5, 0.6) is 0 Å². The fourth-order valence-electron chi connectivity index (χ4n) is 3.55. The van der Waals surface area contributed by atoms with Crippen LogP contribution in [0, 0.1) is 11.3 Å². The van der Waals surface area contributed by atoms with Crippen molar-refractivity contribution in [3.8, 4) is 0 Å². The minimum atomic E-state index is 0.0825. The molecule has 0 bridgehead atoms. The molecule has 1 aliphatic carbocycles. The van der Waals surface area contributed by atoms with Crippen molar-refractivity contribution in [3.05, 3.63) is 0 Å². The Morgan fingerprint density at radius 3 is 2.10 bits per heavy atom. The first-order chi connectivity index (χ1) is 9.51. The van der Waals surface area contributed by atoms with Crippen LogP contribution >= 0.6 is 0 Å². The molecule has 1 saturated heterocycles. The summed E-state index contributed by atoms with van der Waals surface area (Å²) in [7, 11) is 0. The molecule has 2 aliphatic rings. The van der Waals surface area contributed by atoms with Gasteiger partial charge in [0.25, 0.3) is 0 Å². The molecule has 0 aromatic rings. The average molecular weight is 284 g/mol. The molecule has 118 valence electrons. The summed E-state index contributed by atoms with van der Waals surface area (Å²) in [5.41, 5.74) is 0.337. The van der Waals surface area contributed by atoms with Gasteiger partial charge in [-0.1, -0.05) is 27.2 Å². The molecule has 2 rings (SSSR count). The summed E-state index contributed by atoms with van der Waals surface area (Å²) >= 11 is 0. The monoisotopic (exact) mass is 284 g/mol. The van der Waals surface area contributed by atoms with E-state index in [1.165, 1.54) is 19.3 Å². The van der Waals surface area contributed by atoms with Crippen LogP contribution < -0.4 is 10.6 Å². The minimum Gasteiger partial charge on any atom is -0.362 e. The number of hydrogen-bond acceptors (Lipinski definition) is 4. The second-order valence-corrected chi connectivity index (χ2v) is 6.84. The molecule has 2 unspecified atom stereocenters. The van der Waals surface area contributed by atoms with Crippen LogP contribution in [0.4, 0.5) is 0 Å². The minimum absolute atomic E-state index is 0.0825. The summed E-state index contributed by atoms with van der Waals surface area (Å²) in [4.78, 5) is 0. The van der Waals surface area contributed by atoms with Gasteiger partial charge >= 0.3 is 0 Å². The zero-order valence-corrected chi connectivity index (χ0v) is 13.7. The largest absolute Gasteiger partial charge is 0.362 e. The van der Waals surface area contributed by atoms with Gasteiger partial charge in [-0.25, -0.2) is 0 Å². The van der Waals surface area contributed by atoms with Gasteiger partial charge in [0.15, 0.2) is 0 Å². The zero-order chi connectivity index (χ0) is 14.8. The number of ether oxygens (including phenoxy) is 2. The molecule has 0 spiro atoms. The van der Waals surface area contributed by atoms with Crippen LogP contribution in [0.1, 0.15) is 53.9 Å². The zero-order valence-electron chi connectivity index (χ0n) is 13.7. The molecule has 2 fully saturated rings. The molecular weight excluding hydrogens is 252 g/mol. The van der Waals surface area contributed by atoms with E-state index in [0.29, 0.717) is 23.4 Å². The molecular formula is C16H32N2O2. The number of hydrogen-bond donors (Lipinski definition) is 2.